The molecule has 0 unspecified atom stereocenters. The molecule has 0 amide bonds. The Morgan fingerprint density at radius 1 is 0.759 bits per heavy atom. The summed E-state index contributed by atoms with van der Waals surface area (Å²) < 4.78 is 41.9. The maximum absolute atomic E-state index is 12.7. The predicted molar refractivity (Wildman–Crippen MR) is 125 cm³/mol. The number of rotatable bonds is 0. The lowest BCUT2D eigenvalue weighted by Gasteiger charge is -2.25. The van der Waals surface area contributed by atoms with E-state index in [-0.39, 0.29) is 38.5 Å². The van der Waals surface area contributed by atoms with Crippen LogP contribution in [0.4, 0.5) is 20.2 Å². The Morgan fingerprint density at radius 3 is 1.62 bits per heavy atom. The molecular weight excluding hydrogens is 510 g/mol. The van der Waals surface area contributed by atoms with Crippen molar-refractivity contribution in [3.63, 3.8) is 0 Å². The minimum Gasteiger partial charge on any atom is -0.453 e. The van der Waals surface area contributed by atoms with Crippen molar-refractivity contribution in [2.75, 3.05) is 11.5 Å². The number of benzene rings is 2. The third-order valence-corrected chi connectivity index (χ3v) is 4.79. The van der Waals surface area contributed by atoms with Crippen molar-refractivity contribution in [2.24, 2.45) is 0 Å². The zero-order valence-corrected chi connectivity index (χ0v) is 20.1. The lowest BCUT2D eigenvalue weighted by molar-refractivity contribution is 0.294. The van der Waals surface area contributed by atoms with Crippen molar-refractivity contribution < 1.29 is 22.5 Å². The van der Waals surface area contributed by atoms with Gasteiger partial charge in [0, 0.05) is 8.95 Å². The Balaban J connectivity index is 0.000000218. The number of halogens is 4. The number of hydrogen-bond donors (Lipinski definition) is 2. The summed E-state index contributed by atoms with van der Waals surface area (Å²) in [5, 5.41) is 0. The van der Waals surface area contributed by atoms with Gasteiger partial charge in [0.05, 0.1) is 11.4 Å². The molecular formula is C17H23B3Br2F2N2O3. The monoisotopic (exact) mass is 532 g/mol. The van der Waals surface area contributed by atoms with Crippen LogP contribution >= 0.6 is 31.9 Å². The van der Waals surface area contributed by atoms with Gasteiger partial charge >= 0.3 is 21.4 Å². The van der Waals surface area contributed by atoms with Crippen molar-refractivity contribution in [3.05, 3.63) is 56.0 Å². The zero-order valence-electron chi connectivity index (χ0n) is 16.9. The molecule has 156 valence electrons. The second kappa shape index (κ2) is 12.0. The van der Waals surface area contributed by atoms with Crippen LogP contribution < -0.4 is 11.5 Å². The summed E-state index contributed by atoms with van der Waals surface area (Å²) in [7, 11) is -0.406. The summed E-state index contributed by atoms with van der Waals surface area (Å²) in [6.45, 7) is 9.21. The lowest BCUT2D eigenvalue weighted by Crippen LogP contribution is -2.44. The number of nitrogen functional groups attached to an aromatic ring is 2. The van der Waals surface area contributed by atoms with Gasteiger partial charge in [-0.3, -0.25) is 0 Å². The molecule has 0 bridgehead atoms. The molecule has 29 heavy (non-hydrogen) atoms. The van der Waals surface area contributed by atoms with E-state index in [2.05, 4.69) is 31.9 Å². The highest BCUT2D eigenvalue weighted by atomic mass is 79.9. The quantitative estimate of drug-likeness (QED) is 0.352. The SMILES string of the molecule is CB1OB(C)OB(C)O1.Cc1cc(C)c(N)c(F)c1.Nc1c(F)cc(Br)cc1Br. The van der Waals surface area contributed by atoms with Gasteiger partial charge < -0.3 is 25.2 Å². The van der Waals surface area contributed by atoms with Gasteiger partial charge in [0.1, 0.15) is 11.6 Å². The fourth-order valence-corrected chi connectivity index (χ4v) is 3.56. The van der Waals surface area contributed by atoms with Crippen molar-refractivity contribution in [2.45, 2.75) is 34.3 Å². The second-order valence-corrected chi connectivity index (χ2v) is 8.14. The van der Waals surface area contributed by atoms with Crippen LogP contribution in [-0.2, 0) is 13.7 Å². The Hall–Kier alpha value is -1.07. The van der Waals surface area contributed by atoms with Crippen LogP contribution in [0.3, 0.4) is 0 Å². The normalized spacial score (nSPS) is 13.3. The molecule has 0 saturated carbocycles. The lowest BCUT2D eigenvalue weighted by atomic mass is 9.74. The number of anilines is 2. The van der Waals surface area contributed by atoms with Gasteiger partial charge in [0.15, 0.2) is 0 Å². The van der Waals surface area contributed by atoms with Crippen LogP contribution in [0, 0.1) is 25.5 Å². The Morgan fingerprint density at radius 2 is 1.21 bits per heavy atom. The molecule has 0 spiro atoms. The Bertz CT molecular complexity index is 710. The van der Waals surface area contributed by atoms with Crippen molar-refractivity contribution in [3.8, 4) is 0 Å². The van der Waals surface area contributed by atoms with E-state index in [1.54, 1.807) is 13.0 Å². The summed E-state index contributed by atoms with van der Waals surface area (Å²) in [5.74, 6) is -0.737. The van der Waals surface area contributed by atoms with E-state index in [1.807, 2.05) is 33.5 Å². The number of nitrogens with two attached hydrogens (primary N) is 2. The van der Waals surface area contributed by atoms with Gasteiger partial charge in [-0.25, -0.2) is 8.78 Å². The van der Waals surface area contributed by atoms with Crippen LogP contribution in [0.1, 0.15) is 11.1 Å². The smallest absolute Gasteiger partial charge is 0.426 e. The van der Waals surface area contributed by atoms with E-state index in [0.29, 0.717) is 8.95 Å². The van der Waals surface area contributed by atoms with Crippen LogP contribution in [0.2, 0.25) is 20.5 Å². The summed E-state index contributed by atoms with van der Waals surface area (Å²) in [4.78, 5) is 0. The molecule has 2 aromatic rings. The van der Waals surface area contributed by atoms with Crippen LogP contribution in [0.25, 0.3) is 0 Å². The molecule has 3 rings (SSSR count). The van der Waals surface area contributed by atoms with Gasteiger partial charge in [-0.05, 0) is 79.6 Å². The molecule has 1 saturated heterocycles. The summed E-state index contributed by atoms with van der Waals surface area (Å²) in [6.07, 6.45) is 0. The zero-order chi connectivity index (χ0) is 22.3. The average Bonchev–Trinajstić information content (AvgIpc) is 2.57. The number of aryl methyl sites for hydroxylation is 2. The summed E-state index contributed by atoms with van der Waals surface area (Å²) >= 11 is 6.22. The van der Waals surface area contributed by atoms with Gasteiger partial charge in [0.25, 0.3) is 0 Å². The Labute approximate surface area is 188 Å². The molecule has 0 radical (unpaired) electrons. The predicted octanol–water partition coefficient (Wildman–Crippen LogP) is 5.36. The van der Waals surface area contributed by atoms with Crippen molar-refractivity contribution >= 4 is 64.6 Å². The van der Waals surface area contributed by atoms with Gasteiger partial charge in [-0.1, -0.05) is 22.0 Å². The van der Waals surface area contributed by atoms with E-state index < -0.39 is 5.82 Å². The maximum Gasteiger partial charge on any atom is 0.426 e. The molecule has 1 aliphatic heterocycles. The molecule has 0 aliphatic carbocycles. The molecule has 0 atom stereocenters. The highest BCUT2D eigenvalue weighted by molar-refractivity contribution is 9.11. The summed E-state index contributed by atoms with van der Waals surface area (Å²) in [5.41, 5.74) is 12.8. The molecule has 2 aromatic carbocycles. The fraction of sp³-hybridized carbons (Fsp3) is 0.294. The van der Waals surface area contributed by atoms with Gasteiger partial charge in [-0.15, -0.1) is 0 Å². The van der Waals surface area contributed by atoms with E-state index in [9.17, 15) is 8.78 Å². The topological polar surface area (TPSA) is 79.7 Å². The van der Waals surface area contributed by atoms with Crippen LogP contribution in [0.15, 0.2) is 33.2 Å². The largest absolute Gasteiger partial charge is 0.453 e. The number of hydrogen-bond acceptors (Lipinski definition) is 5. The first-order valence-corrected chi connectivity index (χ1v) is 10.4. The first kappa shape index (κ1) is 26.0. The molecule has 0 aromatic heterocycles. The third-order valence-electron chi connectivity index (χ3n) is 3.67. The minimum atomic E-state index is -0.416. The minimum absolute atomic E-state index is 0.135. The first-order valence-electron chi connectivity index (χ1n) is 8.79. The maximum atomic E-state index is 12.7. The molecule has 1 aliphatic rings. The molecule has 5 nitrogen and oxygen atoms in total. The van der Waals surface area contributed by atoms with Crippen molar-refractivity contribution in [1.29, 1.82) is 0 Å². The first-order chi connectivity index (χ1) is 13.4. The van der Waals surface area contributed by atoms with E-state index >= 15 is 0 Å². The van der Waals surface area contributed by atoms with E-state index in [0.717, 1.165) is 11.1 Å². The third kappa shape index (κ3) is 9.08. The van der Waals surface area contributed by atoms with Crippen LogP contribution in [-0.4, -0.2) is 21.4 Å². The Kier molecular flexibility index (Phi) is 10.7. The molecule has 12 heteroatoms. The fourth-order valence-electron chi connectivity index (χ4n) is 2.39. The van der Waals surface area contributed by atoms with Crippen molar-refractivity contribution in [1.82, 2.24) is 0 Å². The highest BCUT2D eigenvalue weighted by Crippen LogP contribution is 2.26. The van der Waals surface area contributed by atoms with Crippen LogP contribution in [0.5, 0.6) is 0 Å². The van der Waals surface area contributed by atoms with Gasteiger partial charge in [0.2, 0.25) is 0 Å². The highest BCUT2D eigenvalue weighted by Gasteiger charge is 2.31. The molecule has 4 N–H and O–H groups in total. The summed E-state index contributed by atoms with van der Waals surface area (Å²) in [6, 6.07) is 6.30. The average molecular weight is 534 g/mol. The van der Waals surface area contributed by atoms with E-state index in [1.165, 1.54) is 12.1 Å². The standard InChI is InChI=1S/C8H10FN.C6H4Br2FN.C3H9B3O3/c1-5-3-6(2)8(10)7(9)4-5;7-3-1-4(8)6(10)5(9)2-3;1-4-7-5(2)9-6(3)8-4/h3-4H,10H2,1-2H3;1-2H,10H2;1-3H3. The van der Waals surface area contributed by atoms with Gasteiger partial charge in [-0.2, -0.15) is 0 Å². The van der Waals surface area contributed by atoms with E-state index in [4.69, 9.17) is 25.2 Å². The molecule has 1 fully saturated rings. The second-order valence-electron chi connectivity index (χ2n) is 6.37. The molecule has 1 heterocycles.